The lowest BCUT2D eigenvalue weighted by molar-refractivity contribution is -0.274. The Morgan fingerprint density at radius 3 is 2.28 bits per heavy atom. The first kappa shape index (κ1) is 22.6. The predicted molar refractivity (Wildman–Crippen MR) is 102 cm³/mol. The number of rotatable bonds is 3. The van der Waals surface area contributed by atoms with Gasteiger partial charge in [-0.05, 0) is 44.9 Å². The fourth-order valence-electron chi connectivity index (χ4n) is 2.79. The second-order valence-electron chi connectivity index (χ2n) is 7.86. The van der Waals surface area contributed by atoms with Gasteiger partial charge in [0.1, 0.15) is 11.4 Å². The quantitative estimate of drug-likeness (QED) is 0.740. The average molecular weight is 414 g/mol. The topological polar surface area (TPSA) is 59.1 Å². The molecule has 160 valence electrons. The zero-order valence-electron chi connectivity index (χ0n) is 17.1. The minimum absolute atomic E-state index is 0.0878. The summed E-state index contributed by atoms with van der Waals surface area (Å²) in [5, 5.41) is 0. The smallest absolute Gasteiger partial charge is 0.444 e. The van der Waals surface area contributed by atoms with Gasteiger partial charge in [-0.1, -0.05) is 12.1 Å². The molecule has 1 aromatic rings. The number of halogens is 3. The Morgan fingerprint density at radius 1 is 1.14 bits per heavy atom. The number of hydrogen-bond acceptors (Lipinski definition) is 4. The Morgan fingerprint density at radius 2 is 1.79 bits per heavy atom. The minimum atomic E-state index is -4.90. The first-order valence-electron chi connectivity index (χ1n) is 9.05. The molecule has 1 aromatic carbocycles. The molecule has 0 N–H and O–H groups in total. The van der Waals surface area contributed by atoms with Crippen LogP contribution in [0.2, 0.25) is 0 Å². The molecule has 1 aliphatic heterocycles. The van der Waals surface area contributed by atoms with E-state index in [0.717, 1.165) is 6.07 Å². The van der Waals surface area contributed by atoms with Crippen LogP contribution in [0.4, 0.5) is 18.0 Å². The highest BCUT2D eigenvalue weighted by atomic mass is 19.4. The lowest BCUT2D eigenvalue weighted by atomic mass is 9.97. The molecule has 29 heavy (non-hydrogen) atoms. The van der Waals surface area contributed by atoms with Crippen molar-refractivity contribution in [3.05, 3.63) is 35.4 Å². The van der Waals surface area contributed by atoms with Gasteiger partial charge >= 0.3 is 12.5 Å². The van der Waals surface area contributed by atoms with Crippen LogP contribution in [0.15, 0.2) is 24.3 Å². The van der Waals surface area contributed by atoms with Gasteiger partial charge in [0.2, 0.25) is 0 Å². The largest absolute Gasteiger partial charge is 0.573 e. The number of amides is 2. The third kappa shape index (κ3) is 6.40. The molecule has 0 aromatic heterocycles. The van der Waals surface area contributed by atoms with Crippen LogP contribution in [0.25, 0.3) is 5.57 Å². The zero-order valence-corrected chi connectivity index (χ0v) is 17.1. The number of carbonyl (C=O) groups excluding carboxylic acids is 2. The number of nitrogens with zero attached hydrogens (tertiary/aromatic N) is 2. The second kappa shape index (κ2) is 8.34. The van der Waals surface area contributed by atoms with Crippen molar-refractivity contribution in [2.45, 2.75) is 39.2 Å². The molecule has 2 amide bonds. The average Bonchev–Trinajstić information content (AvgIpc) is 2.58. The van der Waals surface area contributed by atoms with E-state index in [9.17, 15) is 22.8 Å². The van der Waals surface area contributed by atoms with Crippen molar-refractivity contribution < 1.29 is 32.2 Å². The van der Waals surface area contributed by atoms with Crippen molar-refractivity contribution >= 4 is 17.6 Å². The lowest BCUT2D eigenvalue weighted by Gasteiger charge is -2.30. The lowest BCUT2D eigenvalue weighted by Crippen LogP contribution is -2.39. The number of hydrogen-bond donors (Lipinski definition) is 0. The molecule has 0 unspecified atom stereocenters. The summed E-state index contributed by atoms with van der Waals surface area (Å²) in [6.45, 7) is 5.77. The molecular weight excluding hydrogens is 389 g/mol. The van der Waals surface area contributed by atoms with Crippen molar-refractivity contribution in [3.63, 3.8) is 0 Å². The number of carbonyl (C=O) groups is 2. The number of alkyl halides is 3. The molecule has 2 rings (SSSR count). The van der Waals surface area contributed by atoms with Crippen LogP contribution in [0.1, 0.15) is 43.1 Å². The monoisotopic (exact) mass is 414 g/mol. The summed E-state index contributed by atoms with van der Waals surface area (Å²) < 4.78 is 48.2. The third-order valence-corrected chi connectivity index (χ3v) is 4.07. The van der Waals surface area contributed by atoms with E-state index in [2.05, 4.69) is 4.74 Å². The van der Waals surface area contributed by atoms with E-state index in [1.54, 1.807) is 26.8 Å². The summed E-state index contributed by atoms with van der Waals surface area (Å²) in [5.41, 5.74) is 0.294. The van der Waals surface area contributed by atoms with Crippen LogP contribution in [0, 0.1) is 0 Å². The van der Waals surface area contributed by atoms with Gasteiger partial charge in [-0.15, -0.1) is 13.2 Å². The van der Waals surface area contributed by atoms with Crippen LogP contribution in [0.3, 0.4) is 0 Å². The van der Waals surface area contributed by atoms with Crippen molar-refractivity contribution in [2.24, 2.45) is 0 Å². The van der Waals surface area contributed by atoms with E-state index in [-0.39, 0.29) is 17.7 Å². The normalized spacial score (nSPS) is 14.9. The highest BCUT2D eigenvalue weighted by Crippen LogP contribution is 2.35. The maximum atomic E-state index is 12.9. The minimum Gasteiger partial charge on any atom is -0.444 e. The third-order valence-electron chi connectivity index (χ3n) is 4.07. The van der Waals surface area contributed by atoms with E-state index >= 15 is 0 Å². The molecular formula is C20H25F3N2O4. The Hall–Kier alpha value is -2.71. The predicted octanol–water partition coefficient (Wildman–Crippen LogP) is 4.31. The molecule has 9 heteroatoms. The molecule has 0 saturated carbocycles. The highest BCUT2D eigenvalue weighted by Gasteiger charge is 2.33. The Labute approximate surface area is 167 Å². The number of ether oxygens (including phenoxy) is 2. The molecule has 1 heterocycles. The molecule has 1 aliphatic rings. The molecule has 0 spiro atoms. The molecule has 0 fully saturated rings. The van der Waals surface area contributed by atoms with Gasteiger partial charge in [0.15, 0.2) is 0 Å². The molecule has 0 atom stereocenters. The Balaban J connectivity index is 2.29. The maximum absolute atomic E-state index is 12.9. The van der Waals surface area contributed by atoms with Crippen LogP contribution >= 0.6 is 0 Å². The summed E-state index contributed by atoms with van der Waals surface area (Å²) in [7, 11) is 3.02. The second-order valence-corrected chi connectivity index (χ2v) is 7.86. The summed E-state index contributed by atoms with van der Waals surface area (Å²) in [6.07, 6.45) is -3.38. The van der Waals surface area contributed by atoms with E-state index < -0.39 is 29.7 Å². The first-order chi connectivity index (χ1) is 13.3. The zero-order chi connectivity index (χ0) is 22.0. The highest BCUT2D eigenvalue weighted by molar-refractivity contribution is 5.95. The first-order valence-corrected chi connectivity index (χ1v) is 9.05. The van der Waals surface area contributed by atoms with Crippen LogP contribution in [-0.2, 0) is 4.74 Å². The van der Waals surface area contributed by atoms with Gasteiger partial charge in [-0.2, -0.15) is 0 Å². The summed E-state index contributed by atoms with van der Waals surface area (Å²) in [5.74, 6) is -0.875. The van der Waals surface area contributed by atoms with E-state index in [1.807, 2.05) is 0 Å². The van der Waals surface area contributed by atoms with E-state index in [4.69, 9.17) is 4.74 Å². The maximum Gasteiger partial charge on any atom is 0.573 e. The van der Waals surface area contributed by atoms with Crippen molar-refractivity contribution in [1.82, 2.24) is 9.80 Å². The SMILES string of the molecule is CN(C)C(=O)c1ccc(C2=CCN(C(=O)OC(C)(C)C)CC2)c(OC(F)(F)F)c1. The van der Waals surface area contributed by atoms with Crippen LogP contribution in [-0.4, -0.2) is 60.9 Å². The van der Waals surface area contributed by atoms with Gasteiger partial charge in [-0.25, -0.2) is 4.79 Å². The van der Waals surface area contributed by atoms with Gasteiger partial charge in [0.05, 0.1) is 0 Å². The van der Waals surface area contributed by atoms with Crippen LogP contribution < -0.4 is 4.74 Å². The van der Waals surface area contributed by atoms with Gasteiger partial charge in [0, 0.05) is 38.3 Å². The number of benzene rings is 1. The fourth-order valence-corrected chi connectivity index (χ4v) is 2.79. The standard InChI is InChI=1S/C20H25F3N2O4/c1-19(2,3)29-18(27)25-10-8-13(9-11-25)15-7-6-14(17(26)24(4)5)12-16(15)28-20(21,22)23/h6-8,12H,9-11H2,1-5H3. The summed E-state index contributed by atoms with van der Waals surface area (Å²) >= 11 is 0. The van der Waals surface area contributed by atoms with Gasteiger partial charge in [-0.3, -0.25) is 4.79 Å². The molecule has 0 aliphatic carbocycles. The van der Waals surface area contributed by atoms with Gasteiger partial charge in [0.25, 0.3) is 5.91 Å². The Bertz CT molecular complexity index is 811. The van der Waals surface area contributed by atoms with Crippen molar-refractivity contribution in [2.75, 3.05) is 27.2 Å². The molecule has 0 saturated heterocycles. The molecule has 0 radical (unpaired) electrons. The summed E-state index contributed by atoms with van der Waals surface area (Å²) in [6, 6.07) is 3.99. The molecule has 0 bridgehead atoms. The van der Waals surface area contributed by atoms with Crippen molar-refractivity contribution in [3.8, 4) is 5.75 Å². The fraction of sp³-hybridized carbons (Fsp3) is 0.500. The Kier molecular flexibility index (Phi) is 6.50. The van der Waals surface area contributed by atoms with Gasteiger partial charge < -0.3 is 19.3 Å². The van der Waals surface area contributed by atoms with E-state index in [1.165, 1.54) is 36.0 Å². The summed E-state index contributed by atoms with van der Waals surface area (Å²) in [4.78, 5) is 27.0. The van der Waals surface area contributed by atoms with Crippen LogP contribution in [0.5, 0.6) is 5.75 Å². The molecule has 6 nitrogen and oxygen atoms in total. The van der Waals surface area contributed by atoms with Crippen molar-refractivity contribution in [1.29, 1.82) is 0 Å². The van der Waals surface area contributed by atoms with E-state index in [0.29, 0.717) is 18.5 Å².